The third-order valence-corrected chi connectivity index (χ3v) is 4.22. The van der Waals surface area contributed by atoms with Gasteiger partial charge in [0.15, 0.2) is 0 Å². The Hall–Kier alpha value is -0.520. The van der Waals surface area contributed by atoms with Crippen molar-refractivity contribution in [2.24, 2.45) is 5.73 Å². The monoisotopic (exact) mass is 272 g/mol. The smallest absolute Gasteiger partial charge is 0.237 e. The number of carbonyl (C=O) groups excluding carboxylic acids is 1. The van der Waals surface area contributed by atoms with E-state index in [0.717, 1.165) is 18.6 Å². The van der Waals surface area contributed by atoms with Gasteiger partial charge in [-0.05, 0) is 41.9 Å². The second kappa shape index (κ2) is 7.74. The highest BCUT2D eigenvalue weighted by molar-refractivity contribution is 7.98. The van der Waals surface area contributed by atoms with Crippen LogP contribution in [0.2, 0.25) is 0 Å². The first-order valence-corrected chi connectivity index (χ1v) is 8.03. The zero-order valence-corrected chi connectivity index (χ0v) is 12.0. The molecule has 3 nitrogen and oxygen atoms in total. The molecule has 0 spiro atoms. The Morgan fingerprint density at radius 1 is 1.65 bits per heavy atom. The van der Waals surface area contributed by atoms with Crippen molar-refractivity contribution in [1.29, 1.82) is 0 Å². The van der Waals surface area contributed by atoms with E-state index in [2.05, 4.69) is 23.7 Å². The second-order valence-electron chi connectivity index (χ2n) is 3.83. The summed E-state index contributed by atoms with van der Waals surface area (Å²) in [6.07, 6.45) is 3.76. The highest BCUT2D eigenvalue weighted by Crippen LogP contribution is 2.16. The van der Waals surface area contributed by atoms with Crippen LogP contribution in [0.3, 0.4) is 0 Å². The molecule has 0 saturated heterocycles. The lowest BCUT2D eigenvalue weighted by molar-refractivity contribution is -0.122. The molecule has 1 atom stereocenters. The summed E-state index contributed by atoms with van der Waals surface area (Å²) in [5.74, 6) is 0.878. The quantitative estimate of drug-likeness (QED) is 0.798. The maximum atomic E-state index is 11.7. The molecule has 1 amide bonds. The van der Waals surface area contributed by atoms with Gasteiger partial charge in [-0.15, -0.1) is 11.3 Å². The SMILES string of the molecule is CCc1ccsc1CNC(=O)[C@@H](N)CCSC. The minimum atomic E-state index is -0.382. The molecule has 0 radical (unpaired) electrons. The Labute approximate surface area is 111 Å². The lowest BCUT2D eigenvalue weighted by Crippen LogP contribution is -2.40. The minimum absolute atomic E-state index is 0.0468. The summed E-state index contributed by atoms with van der Waals surface area (Å²) in [4.78, 5) is 12.9. The number of hydrogen-bond acceptors (Lipinski definition) is 4. The van der Waals surface area contributed by atoms with E-state index in [0.29, 0.717) is 6.54 Å². The van der Waals surface area contributed by atoms with Gasteiger partial charge in [0.25, 0.3) is 0 Å². The molecular formula is C12H20N2OS2. The number of hydrogen-bond donors (Lipinski definition) is 2. The van der Waals surface area contributed by atoms with Gasteiger partial charge < -0.3 is 11.1 Å². The van der Waals surface area contributed by atoms with Crippen molar-refractivity contribution in [3.8, 4) is 0 Å². The zero-order valence-electron chi connectivity index (χ0n) is 10.4. The van der Waals surface area contributed by atoms with E-state index < -0.39 is 0 Å². The molecule has 0 unspecified atom stereocenters. The fraction of sp³-hybridized carbons (Fsp3) is 0.583. The van der Waals surface area contributed by atoms with Crippen LogP contribution >= 0.6 is 23.1 Å². The molecule has 17 heavy (non-hydrogen) atoms. The molecule has 3 N–H and O–H groups in total. The molecule has 0 fully saturated rings. The van der Waals surface area contributed by atoms with E-state index in [1.54, 1.807) is 23.1 Å². The third-order valence-electron chi connectivity index (χ3n) is 2.61. The van der Waals surface area contributed by atoms with Crippen LogP contribution in [0.4, 0.5) is 0 Å². The summed E-state index contributed by atoms with van der Waals surface area (Å²) in [5.41, 5.74) is 7.10. The summed E-state index contributed by atoms with van der Waals surface area (Å²) in [5, 5.41) is 4.97. The van der Waals surface area contributed by atoms with Crippen molar-refractivity contribution in [3.05, 3.63) is 21.9 Å². The van der Waals surface area contributed by atoms with E-state index in [-0.39, 0.29) is 11.9 Å². The largest absolute Gasteiger partial charge is 0.350 e. The highest BCUT2D eigenvalue weighted by atomic mass is 32.2. The lowest BCUT2D eigenvalue weighted by Gasteiger charge is -2.11. The average molecular weight is 272 g/mol. The molecule has 0 aliphatic rings. The Morgan fingerprint density at radius 2 is 2.41 bits per heavy atom. The van der Waals surface area contributed by atoms with E-state index in [9.17, 15) is 4.79 Å². The molecule has 0 saturated carbocycles. The van der Waals surface area contributed by atoms with Crippen LogP contribution in [0.25, 0.3) is 0 Å². The van der Waals surface area contributed by atoms with Crippen LogP contribution in [0.1, 0.15) is 23.8 Å². The van der Waals surface area contributed by atoms with Crippen LogP contribution in [-0.4, -0.2) is 24.0 Å². The van der Waals surface area contributed by atoms with Gasteiger partial charge >= 0.3 is 0 Å². The summed E-state index contributed by atoms with van der Waals surface area (Å²) < 4.78 is 0. The van der Waals surface area contributed by atoms with Crippen LogP contribution in [-0.2, 0) is 17.8 Å². The predicted molar refractivity (Wildman–Crippen MR) is 76.5 cm³/mol. The Bertz CT molecular complexity index is 352. The fourth-order valence-electron chi connectivity index (χ4n) is 1.51. The second-order valence-corrected chi connectivity index (χ2v) is 5.81. The minimum Gasteiger partial charge on any atom is -0.350 e. The number of thioether (sulfide) groups is 1. The number of thiophene rings is 1. The fourth-order valence-corrected chi connectivity index (χ4v) is 2.92. The molecular weight excluding hydrogens is 252 g/mol. The molecule has 0 aliphatic carbocycles. The molecule has 1 aromatic heterocycles. The van der Waals surface area contributed by atoms with Gasteiger partial charge in [0, 0.05) is 4.88 Å². The lowest BCUT2D eigenvalue weighted by atomic mass is 10.2. The molecule has 0 aromatic carbocycles. The number of nitrogens with one attached hydrogen (secondary N) is 1. The molecule has 96 valence electrons. The predicted octanol–water partition coefficient (Wildman–Crippen LogP) is 2.01. The molecule has 1 aromatic rings. The highest BCUT2D eigenvalue weighted by Gasteiger charge is 2.13. The zero-order chi connectivity index (χ0) is 12.7. The Morgan fingerprint density at radius 3 is 3.06 bits per heavy atom. The molecule has 1 heterocycles. The normalized spacial score (nSPS) is 12.4. The first-order chi connectivity index (χ1) is 8.19. The summed E-state index contributed by atoms with van der Waals surface area (Å²) in [7, 11) is 0. The van der Waals surface area contributed by atoms with Crippen LogP contribution in [0.15, 0.2) is 11.4 Å². The summed E-state index contributed by atoms with van der Waals surface area (Å²) in [6.45, 7) is 2.73. The standard InChI is InChI=1S/C12H20N2OS2/c1-3-9-4-7-17-11(9)8-14-12(15)10(13)5-6-16-2/h4,7,10H,3,5-6,8,13H2,1-2H3,(H,14,15)/t10-/m0/s1. The first kappa shape index (κ1) is 14.5. The van der Waals surface area contributed by atoms with Crippen molar-refractivity contribution in [3.63, 3.8) is 0 Å². The van der Waals surface area contributed by atoms with Gasteiger partial charge in [0.05, 0.1) is 12.6 Å². The maximum absolute atomic E-state index is 11.7. The van der Waals surface area contributed by atoms with E-state index in [1.165, 1.54) is 10.4 Å². The molecule has 0 aliphatic heterocycles. The molecule has 5 heteroatoms. The van der Waals surface area contributed by atoms with Gasteiger partial charge in [0.2, 0.25) is 5.91 Å². The van der Waals surface area contributed by atoms with Crippen molar-refractivity contribution < 1.29 is 4.79 Å². The van der Waals surface area contributed by atoms with Crippen molar-refractivity contribution in [2.75, 3.05) is 12.0 Å². The van der Waals surface area contributed by atoms with Crippen LogP contribution in [0, 0.1) is 0 Å². The van der Waals surface area contributed by atoms with Gasteiger partial charge in [-0.3, -0.25) is 4.79 Å². The number of carbonyl (C=O) groups is 1. The van der Waals surface area contributed by atoms with E-state index in [4.69, 9.17) is 5.73 Å². The average Bonchev–Trinajstić information content (AvgIpc) is 2.80. The van der Waals surface area contributed by atoms with Gasteiger partial charge in [0.1, 0.15) is 0 Å². The van der Waals surface area contributed by atoms with Gasteiger partial charge in [-0.1, -0.05) is 6.92 Å². The summed E-state index contributed by atoms with van der Waals surface area (Å²) in [6, 6.07) is 1.73. The Kier molecular flexibility index (Phi) is 6.62. The topological polar surface area (TPSA) is 55.1 Å². The first-order valence-electron chi connectivity index (χ1n) is 5.76. The van der Waals surface area contributed by atoms with Crippen molar-refractivity contribution in [2.45, 2.75) is 32.4 Å². The molecule has 0 bridgehead atoms. The van der Waals surface area contributed by atoms with Gasteiger partial charge in [-0.25, -0.2) is 0 Å². The maximum Gasteiger partial charge on any atom is 0.237 e. The molecule has 1 rings (SSSR count). The number of aryl methyl sites for hydroxylation is 1. The number of rotatable bonds is 7. The summed E-state index contributed by atoms with van der Waals surface area (Å²) >= 11 is 3.40. The van der Waals surface area contributed by atoms with Gasteiger partial charge in [-0.2, -0.15) is 11.8 Å². The van der Waals surface area contributed by atoms with Crippen molar-refractivity contribution in [1.82, 2.24) is 5.32 Å². The number of amides is 1. The van der Waals surface area contributed by atoms with Crippen LogP contribution < -0.4 is 11.1 Å². The third kappa shape index (κ3) is 4.69. The van der Waals surface area contributed by atoms with E-state index in [1.807, 2.05) is 6.26 Å². The van der Waals surface area contributed by atoms with Crippen molar-refractivity contribution >= 4 is 29.0 Å². The van der Waals surface area contributed by atoms with E-state index >= 15 is 0 Å². The van der Waals surface area contributed by atoms with Crippen LogP contribution in [0.5, 0.6) is 0 Å². The Balaban J connectivity index is 2.37. The number of nitrogens with two attached hydrogens (primary N) is 1.